The number of hydrogen-bond donors (Lipinski definition) is 0. The van der Waals surface area contributed by atoms with Crippen LogP contribution in [0.1, 0.15) is 17.3 Å². The van der Waals surface area contributed by atoms with E-state index in [-0.39, 0.29) is 22.9 Å². The highest BCUT2D eigenvalue weighted by Crippen LogP contribution is 2.35. The van der Waals surface area contributed by atoms with Crippen molar-refractivity contribution in [3.05, 3.63) is 27.8 Å². The molecule has 23 heavy (non-hydrogen) atoms. The molecule has 126 valence electrons. The summed E-state index contributed by atoms with van der Waals surface area (Å²) in [5, 5.41) is 11.3. The normalized spacial score (nSPS) is 15.3. The molecule has 0 unspecified atom stereocenters. The molecular formula is C15H21N3O5. The highest BCUT2D eigenvalue weighted by Gasteiger charge is 2.29. The van der Waals surface area contributed by atoms with Crippen molar-refractivity contribution < 1.29 is 19.2 Å². The second-order valence-corrected chi connectivity index (χ2v) is 5.31. The summed E-state index contributed by atoms with van der Waals surface area (Å²) in [6.45, 7) is 4.74. The van der Waals surface area contributed by atoms with Gasteiger partial charge in [0.05, 0.1) is 24.7 Å². The zero-order chi connectivity index (χ0) is 17.0. The number of ether oxygens (including phenoxy) is 2. The van der Waals surface area contributed by atoms with Crippen molar-refractivity contribution >= 4 is 11.6 Å². The number of methoxy groups -OCH3 is 1. The standard InChI is InChI=1S/C15H21N3O5/c1-4-23-14-9-11(12(18(20)21)10-13(14)22-3)15(19)17-7-5-16(2)6-8-17/h9-10H,4-8H2,1-3H3. The summed E-state index contributed by atoms with van der Waals surface area (Å²) in [7, 11) is 3.38. The lowest BCUT2D eigenvalue weighted by Crippen LogP contribution is -2.47. The number of nitro groups is 1. The van der Waals surface area contributed by atoms with Crippen molar-refractivity contribution in [2.75, 3.05) is 46.9 Å². The Hall–Kier alpha value is -2.35. The van der Waals surface area contributed by atoms with Crippen LogP contribution in [0.3, 0.4) is 0 Å². The van der Waals surface area contributed by atoms with Gasteiger partial charge in [0.15, 0.2) is 11.5 Å². The molecule has 1 aliphatic rings. The van der Waals surface area contributed by atoms with Gasteiger partial charge in [-0.15, -0.1) is 0 Å². The molecule has 1 amide bonds. The van der Waals surface area contributed by atoms with Gasteiger partial charge in [0.1, 0.15) is 5.56 Å². The Morgan fingerprint density at radius 1 is 1.26 bits per heavy atom. The summed E-state index contributed by atoms with van der Waals surface area (Å²) in [5.74, 6) is 0.222. The van der Waals surface area contributed by atoms with Crippen LogP contribution in [0, 0.1) is 10.1 Å². The first kappa shape index (κ1) is 17.0. The maximum Gasteiger partial charge on any atom is 0.286 e. The van der Waals surface area contributed by atoms with Crippen LogP contribution in [0.25, 0.3) is 0 Å². The average Bonchev–Trinajstić information content (AvgIpc) is 2.54. The van der Waals surface area contributed by atoms with Gasteiger partial charge < -0.3 is 19.3 Å². The summed E-state index contributed by atoms with van der Waals surface area (Å²) in [5.41, 5.74) is -0.238. The largest absolute Gasteiger partial charge is 0.493 e. The number of nitrogens with zero attached hydrogens (tertiary/aromatic N) is 3. The van der Waals surface area contributed by atoms with E-state index < -0.39 is 4.92 Å². The summed E-state index contributed by atoms with van der Waals surface area (Å²) in [4.78, 5) is 27.2. The quantitative estimate of drug-likeness (QED) is 0.601. The average molecular weight is 323 g/mol. The van der Waals surface area contributed by atoms with Crippen molar-refractivity contribution in [3.8, 4) is 11.5 Å². The number of piperazine rings is 1. The van der Waals surface area contributed by atoms with E-state index in [1.807, 2.05) is 7.05 Å². The van der Waals surface area contributed by atoms with E-state index in [1.54, 1.807) is 11.8 Å². The minimum atomic E-state index is -0.568. The van der Waals surface area contributed by atoms with E-state index in [0.717, 1.165) is 13.1 Å². The number of hydrogen-bond acceptors (Lipinski definition) is 6. The van der Waals surface area contributed by atoms with Crippen LogP contribution in [0.2, 0.25) is 0 Å². The molecule has 0 aliphatic carbocycles. The Bertz CT molecular complexity index is 597. The van der Waals surface area contributed by atoms with Crippen LogP contribution in [-0.2, 0) is 0 Å². The SMILES string of the molecule is CCOc1cc(C(=O)N2CCN(C)CC2)c([N+](=O)[O-])cc1OC. The number of amides is 1. The number of carbonyl (C=O) groups is 1. The molecule has 1 heterocycles. The Morgan fingerprint density at radius 2 is 1.91 bits per heavy atom. The molecule has 8 heteroatoms. The fourth-order valence-electron chi connectivity index (χ4n) is 2.48. The summed E-state index contributed by atoms with van der Waals surface area (Å²) >= 11 is 0. The molecule has 0 saturated carbocycles. The van der Waals surface area contributed by atoms with Gasteiger partial charge >= 0.3 is 0 Å². The number of carbonyl (C=O) groups excluding carboxylic acids is 1. The third kappa shape index (κ3) is 3.70. The lowest BCUT2D eigenvalue weighted by Gasteiger charge is -2.32. The van der Waals surface area contributed by atoms with E-state index in [1.165, 1.54) is 19.2 Å². The van der Waals surface area contributed by atoms with Gasteiger partial charge in [-0.05, 0) is 14.0 Å². The molecule has 1 aromatic carbocycles. The zero-order valence-corrected chi connectivity index (χ0v) is 13.6. The van der Waals surface area contributed by atoms with Gasteiger partial charge in [-0.25, -0.2) is 0 Å². The first-order chi connectivity index (χ1) is 11.0. The zero-order valence-electron chi connectivity index (χ0n) is 13.6. The predicted molar refractivity (Wildman–Crippen MR) is 84.2 cm³/mol. The Kier molecular flexibility index (Phi) is 5.38. The maximum atomic E-state index is 12.7. The van der Waals surface area contributed by atoms with Crippen LogP contribution in [0.4, 0.5) is 5.69 Å². The summed E-state index contributed by atoms with van der Waals surface area (Å²) < 4.78 is 10.6. The lowest BCUT2D eigenvalue weighted by atomic mass is 10.1. The van der Waals surface area contributed by atoms with Crippen LogP contribution >= 0.6 is 0 Å². The predicted octanol–water partition coefficient (Wildman–Crippen LogP) is 1.39. The maximum absolute atomic E-state index is 12.7. The van der Waals surface area contributed by atoms with Crippen LogP contribution in [-0.4, -0.2) is 67.6 Å². The number of likely N-dealkylation sites (N-methyl/N-ethyl adjacent to an activating group) is 1. The van der Waals surface area contributed by atoms with Crippen molar-refractivity contribution in [1.82, 2.24) is 9.80 Å². The molecule has 1 fully saturated rings. The van der Waals surface area contributed by atoms with Crippen molar-refractivity contribution in [2.24, 2.45) is 0 Å². The Balaban J connectivity index is 2.40. The number of nitro benzene ring substituents is 1. The molecule has 1 saturated heterocycles. The molecule has 8 nitrogen and oxygen atoms in total. The molecule has 0 aromatic heterocycles. The van der Waals surface area contributed by atoms with Gasteiger partial charge in [-0.3, -0.25) is 14.9 Å². The van der Waals surface area contributed by atoms with E-state index in [4.69, 9.17) is 9.47 Å². The Morgan fingerprint density at radius 3 is 2.43 bits per heavy atom. The van der Waals surface area contributed by atoms with Crippen molar-refractivity contribution in [3.63, 3.8) is 0 Å². The molecule has 0 radical (unpaired) electrons. The van der Waals surface area contributed by atoms with Crippen molar-refractivity contribution in [2.45, 2.75) is 6.92 Å². The fourth-order valence-corrected chi connectivity index (χ4v) is 2.48. The Labute approximate surface area is 134 Å². The minimum absolute atomic E-state index is 0.0313. The first-order valence-electron chi connectivity index (χ1n) is 7.45. The third-order valence-electron chi connectivity index (χ3n) is 3.80. The van der Waals surface area contributed by atoms with Crippen molar-refractivity contribution in [1.29, 1.82) is 0 Å². The van der Waals surface area contributed by atoms with E-state index >= 15 is 0 Å². The molecular weight excluding hydrogens is 302 g/mol. The van der Waals surface area contributed by atoms with Gasteiger partial charge in [0.2, 0.25) is 0 Å². The smallest absolute Gasteiger partial charge is 0.286 e. The molecule has 1 aliphatic heterocycles. The molecule has 1 aromatic rings. The van der Waals surface area contributed by atoms with E-state index in [2.05, 4.69) is 4.90 Å². The fraction of sp³-hybridized carbons (Fsp3) is 0.533. The van der Waals surface area contributed by atoms with E-state index in [9.17, 15) is 14.9 Å². The van der Waals surface area contributed by atoms with Gasteiger partial charge in [-0.2, -0.15) is 0 Å². The van der Waals surface area contributed by atoms with Gasteiger partial charge in [0, 0.05) is 32.2 Å². The van der Waals surface area contributed by atoms with Gasteiger partial charge in [0.25, 0.3) is 11.6 Å². The molecule has 0 N–H and O–H groups in total. The molecule has 0 spiro atoms. The summed E-state index contributed by atoms with van der Waals surface area (Å²) in [6.07, 6.45) is 0. The van der Waals surface area contributed by atoms with Crippen LogP contribution in [0.5, 0.6) is 11.5 Å². The molecule has 2 rings (SSSR count). The van der Waals surface area contributed by atoms with Crippen LogP contribution in [0.15, 0.2) is 12.1 Å². The highest BCUT2D eigenvalue weighted by molar-refractivity contribution is 5.99. The minimum Gasteiger partial charge on any atom is -0.493 e. The lowest BCUT2D eigenvalue weighted by molar-refractivity contribution is -0.385. The number of benzene rings is 1. The second kappa shape index (κ2) is 7.28. The molecule has 0 bridgehead atoms. The molecule has 0 atom stereocenters. The second-order valence-electron chi connectivity index (χ2n) is 5.31. The summed E-state index contributed by atoms with van der Waals surface area (Å²) in [6, 6.07) is 2.65. The third-order valence-corrected chi connectivity index (χ3v) is 3.80. The topological polar surface area (TPSA) is 85.2 Å². The van der Waals surface area contributed by atoms with Gasteiger partial charge in [-0.1, -0.05) is 0 Å². The first-order valence-corrected chi connectivity index (χ1v) is 7.45. The number of rotatable bonds is 5. The van der Waals surface area contributed by atoms with Crippen LogP contribution < -0.4 is 9.47 Å². The monoisotopic (exact) mass is 323 g/mol. The van der Waals surface area contributed by atoms with E-state index in [0.29, 0.717) is 25.4 Å². The highest BCUT2D eigenvalue weighted by atomic mass is 16.6.